The van der Waals surface area contributed by atoms with Crippen LogP contribution in [0.4, 0.5) is 4.39 Å². The van der Waals surface area contributed by atoms with E-state index in [2.05, 4.69) is 15.3 Å². The third kappa shape index (κ3) is 4.33. The summed E-state index contributed by atoms with van der Waals surface area (Å²) < 4.78 is 22.4. The van der Waals surface area contributed by atoms with Gasteiger partial charge in [-0.3, -0.25) is 4.90 Å². The van der Waals surface area contributed by atoms with E-state index in [1.54, 1.807) is 42.3 Å². The molecule has 0 bridgehead atoms. The smallest absolute Gasteiger partial charge is 0.132 e. The Kier molecular flexibility index (Phi) is 5.74. The minimum atomic E-state index is -0.228. The van der Waals surface area contributed by atoms with Crippen LogP contribution >= 0.6 is 11.9 Å². The SMILES string of the molecule is N#Cc1ccc(-c2ccc(SN3CCC(N4CCOCC4)C3)cc2F)cc1. The maximum atomic E-state index is 14.6. The van der Waals surface area contributed by atoms with Crippen molar-refractivity contribution in [2.75, 3.05) is 39.4 Å². The molecule has 6 heteroatoms. The first-order valence-electron chi connectivity index (χ1n) is 9.28. The molecule has 1 atom stereocenters. The van der Waals surface area contributed by atoms with Crippen molar-refractivity contribution in [3.05, 3.63) is 53.8 Å². The first-order valence-corrected chi connectivity index (χ1v) is 10.0. The molecule has 4 nitrogen and oxygen atoms in total. The van der Waals surface area contributed by atoms with Crippen LogP contribution < -0.4 is 0 Å². The van der Waals surface area contributed by atoms with E-state index in [-0.39, 0.29) is 5.82 Å². The van der Waals surface area contributed by atoms with Gasteiger partial charge in [0.15, 0.2) is 0 Å². The summed E-state index contributed by atoms with van der Waals surface area (Å²) in [5, 5.41) is 8.89. The molecule has 0 aliphatic carbocycles. The largest absolute Gasteiger partial charge is 0.379 e. The lowest BCUT2D eigenvalue weighted by atomic mass is 10.0. The first-order chi connectivity index (χ1) is 13.2. The fraction of sp³-hybridized carbons (Fsp3) is 0.381. The summed E-state index contributed by atoms with van der Waals surface area (Å²) in [6.07, 6.45) is 1.15. The van der Waals surface area contributed by atoms with E-state index >= 15 is 0 Å². The lowest BCUT2D eigenvalue weighted by Gasteiger charge is -2.32. The van der Waals surface area contributed by atoms with Crippen LogP contribution in [0.1, 0.15) is 12.0 Å². The highest BCUT2D eigenvalue weighted by Crippen LogP contribution is 2.32. The van der Waals surface area contributed by atoms with Crippen LogP contribution in [0.5, 0.6) is 0 Å². The number of ether oxygens (including phenoxy) is 1. The highest BCUT2D eigenvalue weighted by molar-refractivity contribution is 7.97. The molecule has 0 radical (unpaired) electrons. The van der Waals surface area contributed by atoms with Gasteiger partial charge >= 0.3 is 0 Å². The van der Waals surface area contributed by atoms with Crippen LogP contribution in [0.3, 0.4) is 0 Å². The van der Waals surface area contributed by atoms with Crippen LogP contribution in [-0.2, 0) is 4.74 Å². The molecule has 2 aliphatic rings. The first kappa shape index (κ1) is 18.5. The number of nitriles is 1. The van der Waals surface area contributed by atoms with Gasteiger partial charge in [0.05, 0.1) is 24.8 Å². The second kappa shape index (κ2) is 8.41. The van der Waals surface area contributed by atoms with E-state index in [0.717, 1.165) is 56.3 Å². The van der Waals surface area contributed by atoms with Gasteiger partial charge in [-0.05, 0) is 48.2 Å². The lowest BCUT2D eigenvalue weighted by Crippen LogP contribution is -2.44. The van der Waals surface area contributed by atoms with Crippen molar-refractivity contribution in [3.8, 4) is 17.2 Å². The summed E-state index contributed by atoms with van der Waals surface area (Å²) in [6.45, 7) is 5.70. The van der Waals surface area contributed by atoms with Crippen molar-refractivity contribution in [3.63, 3.8) is 0 Å². The van der Waals surface area contributed by atoms with Crippen LogP contribution in [-0.4, -0.2) is 54.6 Å². The summed E-state index contributed by atoms with van der Waals surface area (Å²) in [7, 11) is 0. The Bertz CT molecular complexity index is 830. The Labute approximate surface area is 163 Å². The highest BCUT2D eigenvalue weighted by Gasteiger charge is 2.29. The molecule has 2 fully saturated rings. The van der Waals surface area contributed by atoms with E-state index < -0.39 is 0 Å². The number of hydrogen-bond acceptors (Lipinski definition) is 5. The Hall–Kier alpha value is -1.91. The average molecular weight is 383 g/mol. The number of hydrogen-bond donors (Lipinski definition) is 0. The van der Waals surface area contributed by atoms with Crippen molar-refractivity contribution in [1.29, 1.82) is 5.26 Å². The highest BCUT2D eigenvalue weighted by atomic mass is 32.2. The van der Waals surface area contributed by atoms with Crippen molar-refractivity contribution >= 4 is 11.9 Å². The molecule has 0 spiro atoms. The standard InChI is InChI=1S/C21H22FN3OS/c22-21-13-19(5-6-20(21)17-3-1-16(14-23)2-4-17)27-25-8-7-18(15-25)24-9-11-26-12-10-24/h1-6,13,18H,7-12,15H2. The molecule has 2 aromatic carbocycles. The molecular weight excluding hydrogens is 361 g/mol. The number of rotatable bonds is 4. The molecular formula is C21H22FN3OS. The van der Waals surface area contributed by atoms with Crippen molar-refractivity contribution < 1.29 is 9.13 Å². The van der Waals surface area contributed by atoms with Gasteiger partial charge in [0.25, 0.3) is 0 Å². The monoisotopic (exact) mass is 383 g/mol. The maximum Gasteiger partial charge on any atom is 0.132 e. The summed E-state index contributed by atoms with van der Waals surface area (Å²) in [6, 6.07) is 15.1. The maximum absolute atomic E-state index is 14.6. The Morgan fingerprint density at radius 3 is 2.56 bits per heavy atom. The number of benzene rings is 2. The molecule has 2 saturated heterocycles. The number of nitrogens with zero attached hydrogens (tertiary/aromatic N) is 3. The Balaban J connectivity index is 1.40. The van der Waals surface area contributed by atoms with Gasteiger partial charge in [0, 0.05) is 42.7 Å². The fourth-order valence-electron chi connectivity index (χ4n) is 3.69. The molecule has 27 heavy (non-hydrogen) atoms. The van der Waals surface area contributed by atoms with Gasteiger partial charge < -0.3 is 4.74 Å². The van der Waals surface area contributed by atoms with Crippen molar-refractivity contribution in [2.24, 2.45) is 0 Å². The third-order valence-electron chi connectivity index (χ3n) is 5.19. The molecule has 140 valence electrons. The van der Waals surface area contributed by atoms with E-state index in [0.29, 0.717) is 17.2 Å². The van der Waals surface area contributed by atoms with Crippen LogP contribution in [0.25, 0.3) is 11.1 Å². The van der Waals surface area contributed by atoms with E-state index in [9.17, 15) is 4.39 Å². The van der Waals surface area contributed by atoms with Crippen molar-refractivity contribution in [2.45, 2.75) is 17.4 Å². The van der Waals surface area contributed by atoms with E-state index in [4.69, 9.17) is 10.00 Å². The quantitative estimate of drug-likeness (QED) is 0.752. The summed E-state index contributed by atoms with van der Waals surface area (Å²) in [5.41, 5.74) is 1.93. The van der Waals surface area contributed by atoms with E-state index in [1.807, 2.05) is 12.1 Å². The van der Waals surface area contributed by atoms with Crippen molar-refractivity contribution in [1.82, 2.24) is 9.21 Å². The lowest BCUT2D eigenvalue weighted by molar-refractivity contribution is 0.0198. The molecule has 2 heterocycles. The van der Waals surface area contributed by atoms with Gasteiger partial charge in [-0.2, -0.15) is 5.26 Å². The molecule has 1 unspecified atom stereocenters. The second-order valence-corrected chi connectivity index (χ2v) is 8.07. The molecule has 0 amide bonds. The van der Waals surface area contributed by atoms with Crippen LogP contribution in [0.15, 0.2) is 47.4 Å². The van der Waals surface area contributed by atoms with Crippen LogP contribution in [0, 0.1) is 17.1 Å². The summed E-state index contributed by atoms with van der Waals surface area (Å²) >= 11 is 1.64. The molecule has 0 N–H and O–H groups in total. The molecule has 2 aliphatic heterocycles. The molecule has 0 aromatic heterocycles. The van der Waals surface area contributed by atoms with Gasteiger partial charge in [-0.1, -0.05) is 18.2 Å². The molecule has 2 aromatic rings. The average Bonchev–Trinajstić information content (AvgIpc) is 3.17. The summed E-state index contributed by atoms with van der Waals surface area (Å²) in [4.78, 5) is 3.44. The number of morpholine rings is 1. The zero-order valence-electron chi connectivity index (χ0n) is 15.1. The third-order valence-corrected chi connectivity index (χ3v) is 6.24. The molecule has 0 saturated carbocycles. The zero-order valence-corrected chi connectivity index (χ0v) is 15.9. The topological polar surface area (TPSA) is 39.5 Å². The van der Waals surface area contributed by atoms with Crippen LogP contribution in [0.2, 0.25) is 0 Å². The summed E-state index contributed by atoms with van der Waals surface area (Å²) in [5.74, 6) is -0.228. The predicted octanol–water partition coefficient (Wildman–Crippen LogP) is 3.78. The number of halogens is 1. The van der Waals surface area contributed by atoms with Gasteiger partial charge in [0.1, 0.15) is 5.82 Å². The van der Waals surface area contributed by atoms with Gasteiger partial charge in [-0.15, -0.1) is 0 Å². The minimum absolute atomic E-state index is 0.228. The Morgan fingerprint density at radius 2 is 1.85 bits per heavy atom. The predicted molar refractivity (Wildman–Crippen MR) is 105 cm³/mol. The Morgan fingerprint density at radius 1 is 1.07 bits per heavy atom. The fourth-order valence-corrected chi connectivity index (χ4v) is 4.72. The minimum Gasteiger partial charge on any atom is -0.379 e. The van der Waals surface area contributed by atoms with Gasteiger partial charge in [-0.25, -0.2) is 8.70 Å². The zero-order chi connectivity index (χ0) is 18.6. The van der Waals surface area contributed by atoms with E-state index in [1.165, 1.54) is 0 Å². The van der Waals surface area contributed by atoms with Gasteiger partial charge in [0.2, 0.25) is 0 Å². The molecule has 4 rings (SSSR count). The normalized spacial score (nSPS) is 21.3. The second-order valence-electron chi connectivity index (χ2n) is 6.90.